The Labute approximate surface area is 205 Å². The Kier molecular flexibility index (Phi) is 5.72. The van der Waals surface area contributed by atoms with Crippen LogP contribution in [0.3, 0.4) is 0 Å². The molecule has 0 atom stereocenters. The van der Waals surface area contributed by atoms with E-state index in [-0.39, 0.29) is 11.5 Å². The molecule has 1 amide bonds. The van der Waals surface area contributed by atoms with Crippen LogP contribution in [0.15, 0.2) is 41.2 Å². The average Bonchev–Trinajstić information content (AvgIpc) is 3.69. The minimum absolute atomic E-state index is 0.0388. The van der Waals surface area contributed by atoms with Crippen molar-refractivity contribution in [3.8, 4) is 0 Å². The molecule has 0 bridgehead atoms. The first-order valence-electron chi connectivity index (χ1n) is 12.9. The van der Waals surface area contributed by atoms with E-state index in [2.05, 4.69) is 56.6 Å². The Hall–Kier alpha value is -3.32. The second-order valence-corrected chi connectivity index (χ2v) is 10.2. The highest BCUT2D eigenvalue weighted by Crippen LogP contribution is 2.29. The summed E-state index contributed by atoms with van der Waals surface area (Å²) in [7, 11) is 0. The maximum absolute atomic E-state index is 12.6. The van der Waals surface area contributed by atoms with Crippen LogP contribution in [0.2, 0.25) is 0 Å². The van der Waals surface area contributed by atoms with Gasteiger partial charge in [-0.2, -0.15) is 0 Å². The van der Waals surface area contributed by atoms with Gasteiger partial charge < -0.3 is 20.5 Å². The van der Waals surface area contributed by atoms with E-state index in [1.165, 1.54) is 11.3 Å². The highest BCUT2D eigenvalue weighted by molar-refractivity contribution is 5.95. The third-order valence-electron chi connectivity index (χ3n) is 7.57. The molecule has 0 radical (unpaired) electrons. The lowest BCUT2D eigenvalue weighted by Crippen LogP contribution is -2.46. The summed E-state index contributed by atoms with van der Waals surface area (Å²) in [6.07, 6.45) is 4.05. The summed E-state index contributed by atoms with van der Waals surface area (Å²) < 4.78 is 0. The fourth-order valence-electron chi connectivity index (χ4n) is 5.46. The number of amides is 1. The fraction of sp³-hybridized carbons (Fsp3) is 0.429. The molecule has 6 rings (SSSR count). The number of H-pyrrole nitrogens is 1. The molecular formula is C28H33N5O2. The van der Waals surface area contributed by atoms with Gasteiger partial charge in [-0.15, -0.1) is 0 Å². The highest BCUT2D eigenvalue weighted by atomic mass is 16.1. The van der Waals surface area contributed by atoms with Crippen molar-refractivity contribution in [1.82, 2.24) is 15.2 Å². The number of fused-ring (bicyclic) bond motifs is 3. The average molecular weight is 472 g/mol. The van der Waals surface area contributed by atoms with Gasteiger partial charge in [0.25, 0.3) is 11.5 Å². The number of carbonyl (C=O) groups is 1. The number of rotatable bonds is 5. The standard InChI is InChI=1S/C28H33N5O2/c1-18-15-20(27(34)30-21-6-7-21)5-9-25(18)33-13-11-32(12-14-33)17-19-4-8-22-24(16-19)31-28(35)23-3-2-10-29-26(22)23/h4-5,8-9,15-16,21,29H,2-3,6-7,10-14,17H2,1H3,(H,30,34)(H,31,35). The van der Waals surface area contributed by atoms with Crippen LogP contribution in [0.25, 0.3) is 10.9 Å². The number of aromatic amines is 1. The number of anilines is 2. The molecule has 182 valence electrons. The lowest BCUT2D eigenvalue weighted by atomic mass is 10.0. The van der Waals surface area contributed by atoms with Gasteiger partial charge >= 0.3 is 0 Å². The van der Waals surface area contributed by atoms with Crippen LogP contribution in [-0.4, -0.2) is 54.6 Å². The lowest BCUT2D eigenvalue weighted by Gasteiger charge is -2.37. The van der Waals surface area contributed by atoms with E-state index in [0.29, 0.717) is 6.04 Å². The van der Waals surface area contributed by atoms with E-state index >= 15 is 0 Å². The molecule has 1 saturated carbocycles. The summed E-state index contributed by atoms with van der Waals surface area (Å²) in [5, 5.41) is 7.62. The van der Waals surface area contributed by atoms with E-state index in [0.717, 1.165) is 98.2 Å². The minimum Gasteiger partial charge on any atom is -0.384 e. The molecule has 3 heterocycles. The number of nitrogens with one attached hydrogen (secondary N) is 3. The first-order chi connectivity index (χ1) is 17.0. The summed E-state index contributed by atoms with van der Waals surface area (Å²) in [4.78, 5) is 32.9. The smallest absolute Gasteiger partial charge is 0.253 e. The summed E-state index contributed by atoms with van der Waals surface area (Å²) in [6, 6.07) is 12.9. The van der Waals surface area contributed by atoms with Crippen LogP contribution in [0.1, 0.15) is 46.3 Å². The van der Waals surface area contributed by atoms with Gasteiger partial charge in [-0.1, -0.05) is 12.1 Å². The quantitative estimate of drug-likeness (QED) is 0.532. The van der Waals surface area contributed by atoms with Gasteiger partial charge in [-0.05, 0) is 68.0 Å². The Morgan fingerprint density at radius 2 is 1.91 bits per heavy atom. The van der Waals surface area contributed by atoms with E-state index in [1.807, 2.05) is 12.1 Å². The summed E-state index contributed by atoms with van der Waals surface area (Å²) in [5.74, 6) is 0.0417. The lowest BCUT2D eigenvalue weighted by molar-refractivity contribution is 0.0951. The third kappa shape index (κ3) is 4.52. The molecule has 35 heavy (non-hydrogen) atoms. The normalized spacial score (nSPS) is 18.3. The van der Waals surface area contributed by atoms with Crippen LogP contribution >= 0.6 is 0 Å². The van der Waals surface area contributed by atoms with Crippen LogP contribution in [0, 0.1) is 6.92 Å². The summed E-state index contributed by atoms with van der Waals surface area (Å²) in [6.45, 7) is 7.75. The van der Waals surface area contributed by atoms with Gasteiger partial charge in [0.05, 0.1) is 11.2 Å². The number of hydrogen-bond acceptors (Lipinski definition) is 5. The van der Waals surface area contributed by atoms with Crippen molar-refractivity contribution in [2.75, 3.05) is 42.9 Å². The van der Waals surface area contributed by atoms with E-state index in [1.54, 1.807) is 0 Å². The Morgan fingerprint density at radius 3 is 2.69 bits per heavy atom. The van der Waals surface area contributed by atoms with Crippen molar-refractivity contribution < 1.29 is 4.79 Å². The van der Waals surface area contributed by atoms with Crippen LogP contribution < -0.4 is 21.1 Å². The van der Waals surface area contributed by atoms with Crippen LogP contribution in [0.4, 0.5) is 11.4 Å². The molecule has 2 aliphatic heterocycles. The molecule has 1 aliphatic carbocycles. The third-order valence-corrected chi connectivity index (χ3v) is 7.57. The predicted molar refractivity (Wildman–Crippen MR) is 141 cm³/mol. The molecule has 3 N–H and O–H groups in total. The molecule has 0 spiro atoms. The first kappa shape index (κ1) is 22.2. The first-order valence-corrected chi connectivity index (χ1v) is 12.9. The molecule has 1 aromatic heterocycles. The van der Waals surface area contributed by atoms with Gasteiger partial charge in [-0.3, -0.25) is 14.5 Å². The molecule has 3 aliphatic rings. The van der Waals surface area contributed by atoms with Crippen molar-refractivity contribution in [2.24, 2.45) is 0 Å². The highest BCUT2D eigenvalue weighted by Gasteiger charge is 2.25. The molecule has 2 fully saturated rings. The number of pyridine rings is 1. The fourth-order valence-corrected chi connectivity index (χ4v) is 5.46. The van der Waals surface area contributed by atoms with Gasteiger partial charge in [0, 0.05) is 67.5 Å². The number of carbonyl (C=O) groups excluding carboxylic acids is 1. The van der Waals surface area contributed by atoms with Crippen LogP contribution in [-0.2, 0) is 13.0 Å². The summed E-state index contributed by atoms with van der Waals surface area (Å²) >= 11 is 0. The largest absolute Gasteiger partial charge is 0.384 e. The SMILES string of the molecule is Cc1cc(C(=O)NC2CC2)ccc1N1CCN(Cc2ccc3c4c(c(=O)[nH]c3c2)CCCN4)CC1. The second-order valence-electron chi connectivity index (χ2n) is 10.2. The molecule has 1 saturated heterocycles. The number of aromatic nitrogens is 1. The zero-order valence-corrected chi connectivity index (χ0v) is 20.3. The van der Waals surface area contributed by atoms with Crippen molar-refractivity contribution in [1.29, 1.82) is 0 Å². The zero-order valence-electron chi connectivity index (χ0n) is 20.3. The van der Waals surface area contributed by atoms with E-state index < -0.39 is 0 Å². The van der Waals surface area contributed by atoms with E-state index in [4.69, 9.17) is 0 Å². The Bertz CT molecular complexity index is 1340. The molecule has 0 unspecified atom stereocenters. The van der Waals surface area contributed by atoms with Crippen LogP contribution in [0.5, 0.6) is 0 Å². The molecular weight excluding hydrogens is 438 g/mol. The number of aryl methyl sites for hydroxylation is 1. The number of benzene rings is 2. The Morgan fingerprint density at radius 1 is 1.09 bits per heavy atom. The van der Waals surface area contributed by atoms with E-state index in [9.17, 15) is 9.59 Å². The monoisotopic (exact) mass is 471 g/mol. The van der Waals surface area contributed by atoms with Gasteiger partial charge in [0.1, 0.15) is 0 Å². The number of hydrogen-bond donors (Lipinski definition) is 3. The number of piperazine rings is 1. The topological polar surface area (TPSA) is 80.5 Å². The van der Waals surface area contributed by atoms with Gasteiger partial charge in [-0.25, -0.2) is 0 Å². The molecule has 7 heteroatoms. The van der Waals surface area contributed by atoms with Gasteiger partial charge in [0.2, 0.25) is 0 Å². The molecule has 3 aromatic rings. The van der Waals surface area contributed by atoms with Crippen molar-refractivity contribution in [3.63, 3.8) is 0 Å². The maximum Gasteiger partial charge on any atom is 0.253 e. The molecule has 2 aromatic carbocycles. The van der Waals surface area contributed by atoms with Crippen molar-refractivity contribution >= 4 is 28.2 Å². The zero-order chi connectivity index (χ0) is 23.9. The predicted octanol–water partition coefficient (Wildman–Crippen LogP) is 3.41. The van der Waals surface area contributed by atoms with Gasteiger partial charge in [0.15, 0.2) is 0 Å². The van der Waals surface area contributed by atoms with Crippen molar-refractivity contribution in [3.05, 3.63) is 69.0 Å². The summed E-state index contributed by atoms with van der Waals surface area (Å²) in [5.41, 5.74) is 7.20. The number of nitrogens with zero attached hydrogens (tertiary/aromatic N) is 2. The van der Waals surface area contributed by atoms with Crippen molar-refractivity contribution in [2.45, 2.75) is 45.2 Å². The minimum atomic E-state index is 0.0388. The maximum atomic E-state index is 12.6. The molecule has 7 nitrogen and oxygen atoms in total. The second kappa shape index (κ2) is 9.04. The Balaban J connectivity index is 1.11.